The van der Waals surface area contributed by atoms with Gasteiger partial charge in [-0.15, -0.1) is 0 Å². The molecule has 1 unspecified atom stereocenters. The summed E-state index contributed by atoms with van der Waals surface area (Å²) in [5.74, 6) is 1.62. The quantitative estimate of drug-likeness (QED) is 0.658. The topological polar surface area (TPSA) is 21.3 Å². The summed E-state index contributed by atoms with van der Waals surface area (Å²) in [7, 11) is 3.86. The summed E-state index contributed by atoms with van der Waals surface area (Å²) in [4.78, 5) is 0. The first-order valence-electron chi connectivity index (χ1n) is 5.60. The minimum atomic E-state index is 0.604. The number of fused-ring (bicyclic) bond motifs is 1. The molecule has 0 bridgehead atoms. The van der Waals surface area contributed by atoms with Gasteiger partial charge in [-0.1, -0.05) is 13.0 Å². The van der Waals surface area contributed by atoms with Gasteiger partial charge in [-0.25, -0.2) is 0 Å². The van der Waals surface area contributed by atoms with Gasteiger partial charge in [0.1, 0.15) is 13.6 Å². The van der Waals surface area contributed by atoms with Crippen molar-refractivity contribution >= 4 is 13.3 Å². The second-order valence-corrected chi connectivity index (χ2v) is 4.38. The molecule has 0 aliphatic carbocycles. The Balaban J connectivity index is 2.46. The van der Waals surface area contributed by atoms with Crippen LogP contribution in [-0.2, 0) is 6.42 Å². The molecular weight excluding hydrogens is 185 g/mol. The molecule has 0 spiro atoms. The third-order valence-electron chi connectivity index (χ3n) is 3.21. The predicted molar refractivity (Wildman–Crippen MR) is 66.2 cm³/mol. The van der Waals surface area contributed by atoms with Gasteiger partial charge in [-0.05, 0) is 41.5 Å². The monoisotopic (exact) mass is 203 g/mol. The predicted octanol–water partition coefficient (Wildman–Crippen LogP) is 0.203. The van der Waals surface area contributed by atoms with Crippen molar-refractivity contribution in [2.45, 2.75) is 19.3 Å². The van der Waals surface area contributed by atoms with Crippen LogP contribution < -0.4 is 15.5 Å². The van der Waals surface area contributed by atoms with Crippen molar-refractivity contribution in [2.24, 2.45) is 0 Å². The Morgan fingerprint density at radius 1 is 1.47 bits per heavy atom. The molecule has 1 aromatic rings. The van der Waals surface area contributed by atoms with Crippen LogP contribution in [0.15, 0.2) is 12.1 Å². The molecule has 0 saturated heterocycles. The number of hydrogen-bond acceptors (Lipinski definition) is 2. The highest BCUT2D eigenvalue weighted by atomic mass is 16.5. The lowest BCUT2D eigenvalue weighted by atomic mass is 9.86. The van der Waals surface area contributed by atoms with E-state index in [0.717, 1.165) is 25.3 Å². The summed E-state index contributed by atoms with van der Waals surface area (Å²) >= 11 is 0. The first kappa shape index (κ1) is 10.6. The smallest absolute Gasteiger partial charge is 0.144 e. The Hall–Kier alpha value is -0.955. The lowest BCUT2D eigenvalue weighted by Gasteiger charge is -2.15. The molecule has 80 valence electrons. The molecule has 1 heterocycles. The molecule has 3 heteroatoms. The molecule has 2 rings (SSSR count). The van der Waals surface area contributed by atoms with E-state index in [1.165, 1.54) is 16.6 Å². The molecule has 2 nitrogen and oxygen atoms in total. The molecule has 0 fully saturated rings. The van der Waals surface area contributed by atoms with Crippen molar-refractivity contribution in [3.05, 3.63) is 23.3 Å². The zero-order valence-electron chi connectivity index (χ0n) is 9.76. The van der Waals surface area contributed by atoms with E-state index in [0.29, 0.717) is 5.92 Å². The minimum absolute atomic E-state index is 0.604. The third-order valence-corrected chi connectivity index (χ3v) is 3.21. The molecule has 1 atom stereocenters. The fraction of sp³-hybridized carbons (Fsp3) is 0.500. The van der Waals surface area contributed by atoms with Crippen LogP contribution in [0.25, 0.3) is 0 Å². The molecule has 0 aromatic heterocycles. The lowest BCUT2D eigenvalue weighted by molar-refractivity contribution is 0.417. The van der Waals surface area contributed by atoms with Crippen molar-refractivity contribution < 1.29 is 4.74 Å². The van der Waals surface area contributed by atoms with Gasteiger partial charge in [-0.3, -0.25) is 0 Å². The largest absolute Gasteiger partial charge is 0.497 e. The fourth-order valence-corrected chi connectivity index (χ4v) is 2.30. The summed E-state index contributed by atoms with van der Waals surface area (Å²) in [6.45, 7) is 4.44. The standard InChI is InChI=1S/C12H18BNO/c1-8-7-14-4-3-9-5-12(15-2)11(13)6-10(8)9/h5-6,8,14H,3-4,7,13H2,1-2H3. The molecule has 1 aliphatic heterocycles. The maximum absolute atomic E-state index is 5.37. The van der Waals surface area contributed by atoms with Gasteiger partial charge in [0.2, 0.25) is 0 Å². The van der Waals surface area contributed by atoms with Crippen LogP contribution in [0.2, 0.25) is 0 Å². The molecule has 0 radical (unpaired) electrons. The Labute approximate surface area is 92.4 Å². The average molecular weight is 203 g/mol. The highest BCUT2D eigenvalue weighted by molar-refractivity contribution is 6.34. The van der Waals surface area contributed by atoms with Gasteiger partial charge in [0, 0.05) is 6.54 Å². The van der Waals surface area contributed by atoms with Crippen LogP contribution in [0.5, 0.6) is 5.75 Å². The average Bonchev–Trinajstić information content (AvgIpc) is 2.40. The van der Waals surface area contributed by atoms with Crippen LogP contribution in [0.4, 0.5) is 0 Å². The number of rotatable bonds is 1. The number of ether oxygens (including phenoxy) is 1. The Morgan fingerprint density at radius 3 is 3.00 bits per heavy atom. The lowest BCUT2D eigenvalue weighted by Crippen LogP contribution is -2.18. The maximum Gasteiger partial charge on any atom is 0.144 e. The van der Waals surface area contributed by atoms with Gasteiger partial charge < -0.3 is 10.1 Å². The summed E-state index contributed by atoms with van der Waals surface area (Å²) in [5.41, 5.74) is 4.17. The van der Waals surface area contributed by atoms with Crippen molar-refractivity contribution in [1.82, 2.24) is 5.32 Å². The van der Waals surface area contributed by atoms with Crippen molar-refractivity contribution in [2.75, 3.05) is 20.2 Å². The van der Waals surface area contributed by atoms with Gasteiger partial charge in [0.25, 0.3) is 0 Å². The van der Waals surface area contributed by atoms with Crippen LogP contribution in [0.3, 0.4) is 0 Å². The zero-order chi connectivity index (χ0) is 10.8. The molecule has 0 amide bonds. The first-order chi connectivity index (χ1) is 7.22. The second-order valence-electron chi connectivity index (χ2n) is 4.38. The van der Waals surface area contributed by atoms with E-state index < -0.39 is 0 Å². The molecule has 15 heavy (non-hydrogen) atoms. The zero-order valence-corrected chi connectivity index (χ0v) is 9.76. The minimum Gasteiger partial charge on any atom is -0.497 e. The Kier molecular flexibility index (Phi) is 3.01. The normalized spacial score (nSPS) is 20.5. The van der Waals surface area contributed by atoms with Crippen LogP contribution >= 0.6 is 0 Å². The van der Waals surface area contributed by atoms with Gasteiger partial charge in [0.05, 0.1) is 7.11 Å². The third kappa shape index (κ3) is 2.02. The van der Waals surface area contributed by atoms with E-state index >= 15 is 0 Å². The number of benzene rings is 1. The SMILES string of the molecule is Bc1cc2c(cc1OC)CCNCC2C. The highest BCUT2D eigenvalue weighted by Gasteiger charge is 2.16. The van der Waals surface area contributed by atoms with Crippen molar-refractivity contribution in [3.8, 4) is 5.75 Å². The second kappa shape index (κ2) is 4.27. The summed E-state index contributed by atoms with van der Waals surface area (Å²) < 4.78 is 5.37. The number of nitrogens with one attached hydrogen (secondary N) is 1. The van der Waals surface area contributed by atoms with E-state index in [-0.39, 0.29) is 0 Å². The Bertz CT molecular complexity index is 365. The molecular formula is C12H18BNO. The van der Waals surface area contributed by atoms with E-state index in [1.54, 1.807) is 7.11 Å². The summed E-state index contributed by atoms with van der Waals surface area (Å²) in [5, 5.41) is 3.46. The number of hydrogen-bond donors (Lipinski definition) is 1. The van der Waals surface area contributed by atoms with Gasteiger partial charge >= 0.3 is 0 Å². The molecule has 1 aliphatic rings. The summed E-state index contributed by atoms with van der Waals surface area (Å²) in [6, 6.07) is 4.49. The molecule has 0 saturated carbocycles. The van der Waals surface area contributed by atoms with E-state index in [9.17, 15) is 0 Å². The maximum atomic E-state index is 5.37. The highest BCUT2D eigenvalue weighted by Crippen LogP contribution is 2.24. The van der Waals surface area contributed by atoms with Crippen LogP contribution in [0, 0.1) is 0 Å². The number of methoxy groups -OCH3 is 1. The summed E-state index contributed by atoms with van der Waals surface area (Å²) in [6.07, 6.45) is 1.11. The Morgan fingerprint density at radius 2 is 2.27 bits per heavy atom. The van der Waals surface area contributed by atoms with Crippen LogP contribution in [0.1, 0.15) is 24.0 Å². The van der Waals surface area contributed by atoms with Crippen molar-refractivity contribution in [3.63, 3.8) is 0 Å². The van der Waals surface area contributed by atoms with Crippen LogP contribution in [-0.4, -0.2) is 28.0 Å². The van der Waals surface area contributed by atoms with E-state index in [4.69, 9.17) is 4.74 Å². The first-order valence-corrected chi connectivity index (χ1v) is 5.60. The van der Waals surface area contributed by atoms with Crippen molar-refractivity contribution in [1.29, 1.82) is 0 Å². The molecule has 1 N–H and O–H groups in total. The van der Waals surface area contributed by atoms with E-state index in [1.807, 2.05) is 0 Å². The molecule has 1 aromatic carbocycles. The van der Waals surface area contributed by atoms with Gasteiger partial charge in [-0.2, -0.15) is 0 Å². The fourth-order valence-electron chi connectivity index (χ4n) is 2.30. The van der Waals surface area contributed by atoms with E-state index in [2.05, 4.69) is 32.2 Å². The van der Waals surface area contributed by atoms with Gasteiger partial charge in [0.15, 0.2) is 0 Å².